The van der Waals surface area contributed by atoms with Crippen LogP contribution in [0, 0.1) is 13.8 Å². The Balaban J connectivity index is 1.35. The predicted octanol–water partition coefficient (Wildman–Crippen LogP) is 3.76. The summed E-state index contributed by atoms with van der Waals surface area (Å²) in [6, 6.07) is 6.95. The van der Waals surface area contributed by atoms with Crippen LogP contribution in [0.25, 0.3) is 10.2 Å². The van der Waals surface area contributed by atoms with Gasteiger partial charge in [-0.15, -0.1) is 11.3 Å². The van der Waals surface area contributed by atoms with Crippen molar-refractivity contribution in [2.24, 2.45) is 0 Å². The minimum absolute atomic E-state index is 0.172. The highest BCUT2D eigenvalue weighted by atomic mass is 32.1. The molecule has 0 aliphatic carbocycles. The third-order valence-corrected chi connectivity index (χ3v) is 6.72. The van der Waals surface area contributed by atoms with Gasteiger partial charge >= 0.3 is 5.97 Å². The summed E-state index contributed by atoms with van der Waals surface area (Å²) in [5, 5.41) is 4.99. The third kappa shape index (κ3) is 4.22. The van der Waals surface area contributed by atoms with Crippen LogP contribution in [0.2, 0.25) is 0 Å². The van der Waals surface area contributed by atoms with Crippen LogP contribution in [0.5, 0.6) is 0 Å². The van der Waals surface area contributed by atoms with E-state index in [1.807, 2.05) is 31.4 Å². The second kappa shape index (κ2) is 8.53. The third-order valence-electron chi connectivity index (χ3n) is 4.94. The number of anilines is 1. The highest BCUT2D eigenvalue weighted by molar-refractivity contribution is 7.22. The molecule has 7 nitrogen and oxygen atoms in total. The number of rotatable bonds is 5. The quantitative estimate of drug-likeness (QED) is 0.607. The standard InChI is InChI=1S/C21H21N3O4S2/c1-12-9-13(2)18-16(10-12)30-21(23-18)22-17(25)11-28-20(27)14-5-3-7-24(14)19(26)15-6-4-8-29-15/h4,6,8-10,14H,3,5,7,11H2,1-2H3,(H,22,23,25). The van der Waals surface area contributed by atoms with Gasteiger partial charge in [-0.3, -0.25) is 14.9 Å². The van der Waals surface area contributed by atoms with Gasteiger partial charge in [0, 0.05) is 6.54 Å². The average molecular weight is 444 g/mol. The second-order valence-electron chi connectivity index (χ2n) is 7.24. The lowest BCUT2D eigenvalue weighted by Crippen LogP contribution is -2.41. The summed E-state index contributed by atoms with van der Waals surface area (Å²) >= 11 is 2.72. The average Bonchev–Trinajstić information content (AvgIpc) is 3.45. The molecule has 30 heavy (non-hydrogen) atoms. The zero-order chi connectivity index (χ0) is 21.3. The zero-order valence-corrected chi connectivity index (χ0v) is 18.3. The van der Waals surface area contributed by atoms with Gasteiger partial charge in [0.25, 0.3) is 11.8 Å². The van der Waals surface area contributed by atoms with Crippen molar-refractivity contribution in [3.63, 3.8) is 0 Å². The molecule has 3 aromatic rings. The first-order valence-electron chi connectivity index (χ1n) is 9.61. The fourth-order valence-corrected chi connectivity index (χ4v) is 5.35. The summed E-state index contributed by atoms with van der Waals surface area (Å²) in [5.41, 5.74) is 3.03. The molecular weight excluding hydrogens is 422 g/mol. The summed E-state index contributed by atoms with van der Waals surface area (Å²) in [7, 11) is 0. The molecule has 2 amide bonds. The Morgan fingerprint density at radius 3 is 2.90 bits per heavy atom. The Morgan fingerprint density at radius 1 is 1.30 bits per heavy atom. The van der Waals surface area contributed by atoms with Crippen LogP contribution in [-0.2, 0) is 14.3 Å². The highest BCUT2D eigenvalue weighted by Gasteiger charge is 2.36. The lowest BCUT2D eigenvalue weighted by Gasteiger charge is -2.22. The number of benzene rings is 1. The number of nitrogens with zero attached hydrogens (tertiary/aromatic N) is 2. The number of aromatic nitrogens is 1. The Morgan fingerprint density at radius 2 is 2.13 bits per heavy atom. The van der Waals surface area contributed by atoms with E-state index in [-0.39, 0.29) is 5.91 Å². The van der Waals surface area contributed by atoms with E-state index in [2.05, 4.69) is 10.3 Å². The lowest BCUT2D eigenvalue weighted by molar-refractivity contribution is -0.151. The van der Waals surface area contributed by atoms with Crippen molar-refractivity contribution < 1.29 is 19.1 Å². The van der Waals surface area contributed by atoms with Gasteiger partial charge in [0.1, 0.15) is 6.04 Å². The Kier molecular flexibility index (Phi) is 5.83. The smallest absolute Gasteiger partial charge is 0.329 e. The SMILES string of the molecule is Cc1cc(C)c2nc(NC(=O)COC(=O)C3CCCN3C(=O)c3cccs3)sc2c1. The van der Waals surface area contributed by atoms with E-state index in [9.17, 15) is 14.4 Å². The van der Waals surface area contributed by atoms with Gasteiger partial charge in [-0.25, -0.2) is 9.78 Å². The molecule has 1 N–H and O–H groups in total. The van der Waals surface area contributed by atoms with Crippen molar-refractivity contribution in [3.05, 3.63) is 45.6 Å². The largest absolute Gasteiger partial charge is 0.454 e. The van der Waals surface area contributed by atoms with Crippen molar-refractivity contribution in [3.8, 4) is 0 Å². The monoisotopic (exact) mass is 443 g/mol. The molecule has 1 fully saturated rings. The number of nitrogens with one attached hydrogen (secondary N) is 1. The normalized spacial score (nSPS) is 16.1. The molecule has 4 rings (SSSR count). The molecule has 3 heterocycles. The Labute approximate surface area is 181 Å². The summed E-state index contributed by atoms with van der Waals surface area (Å²) < 4.78 is 6.20. The van der Waals surface area contributed by atoms with Crippen molar-refractivity contribution in [1.29, 1.82) is 0 Å². The molecule has 0 radical (unpaired) electrons. The molecule has 1 aromatic carbocycles. The molecule has 1 aliphatic heterocycles. The molecule has 0 spiro atoms. The first-order valence-corrected chi connectivity index (χ1v) is 11.3. The van der Waals surface area contributed by atoms with E-state index in [1.165, 1.54) is 27.6 Å². The number of amides is 2. The molecular formula is C21H21N3O4S2. The topological polar surface area (TPSA) is 88.6 Å². The predicted molar refractivity (Wildman–Crippen MR) is 117 cm³/mol. The highest BCUT2D eigenvalue weighted by Crippen LogP contribution is 2.29. The van der Waals surface area contributed by atoms with Gasteiger partial charge in [0.15, 0.2) is 11.7 Å². The molecule has 156 valence electrons. The van der Waals surface area contributed by atoms with Crippen LogP contribution >= 0.6 is 22.7 Å². The van der Waals surface area contributed by atoms with Crippen LogP contribution in [0.1, 0.15) is 33.6 Å². The molecule has 1 saturated heterocycles. The lowest BCUT2D eigenvalue weighted by atomic mass is 10.1. The number of esters is 1. The van der Waals surface area contributed by atoms with E-state index < -0.39 is 24.5 Å². The van der Waals surface area contributed by atoms with Crippen LogP contribution in [0.15, 0.2) is 29.6 Å². The van der Waals surface area contributed by atoms with Crippen LogP contribution in [0.3, 0.4) is 0 Å². The fraction of sp³-hybridized carbons (Fsp3) is 0.333. The molecule has 9 heteroatoms. The molecule has 1 unspecified atom stereocenters. The molecule has 1 atom stereocenters. The van der Waals surface area contributed by atoms with E-state index in [0.717, 1.165) is 27.8 Å². The summed E-state index contributed by atoms with van der Waals surface area (Å²) in [6.07, 6.45) is 1.27. The van der Waals surface area contributed by atoms with Crippen molar-refractivity contribution >= 4 is 55.8 Å². The number of carbonyl (C=O) groups is 3. The van der Waals surface area contributed by atoms with E-state index in [4.69, 9.17) is 4.74 Å². The van der Waals surface area contributed by atoms with Crippen molar-refractivity contribution in [2.75, 3.05) is 18.5 Å². The second-order valence-corrected chi connectivity index (χ2v) is 9.22. The van der Waals surface area contributed by atoms with Crippen molar-refractivity contribution in [1.82, 2.24) is 9.88 Å². The summed E-state index contributed by atoms with van der Waals surface area (Å²) in [5.74, 6) is -1.18. The van der Waals surface area contributed by atoms with Crippen LogP contribution in [-0.4, -0.2) is 46.9 Å². The van der Waals surface area contributed by atoms with Gasteiger partial charge in [0.2, 0.25) is 0 Å². The maximum atomic E-state index is 12.6. The van der Waals surface area contributed by atoms with Gasteiger partial charge in [-0.1, -0.05) is 23.5 Å². The number of ether oxygens (including phenoxy) is 1. The summed E-state index contributed by atoms with van der Waals surface area (Å²) in [6.45, 7) is 4.09. The number of fused-ring (bicyclic) bond motifs is 1. The number of thiazole rings is 1. The first kappa shape index (κ1) is 20.5. The molecule has 0 saturated carbocycles. The number of hydrogen-bond acceptors (Lipinski definition) is 7. The first-order chi connectivity index (χ1) is 14.4. The Bertz CT molecular complexity index is 1110. The van der Waals surface area contributed by atoms with Gasteiger partial charge in [0.05, 0.1) is 15.1 Å². The fourth-order valence-electron chi connectivity index (χ4n) is 3.61. The van der Waals surface area contributed by atoms with E-state index >= 15 is 0 Å². The number of likely N-dealkylation sites (tertiary alicyclic amines) is 1. The minimum Gasteiger partial charge on any atom is -0.454 e. The number of aryl methyl sites for hydroxylation is 2. The van der Waals surface area contributed by atoms with Crippen LogP contribution in [0.4, 0.5) is 5.13 Å². The molecule has 0 bridgehead atoms. The van der Waals surface area contributed by atoms with Gasteiger partial charge in [-0.2, -0.15) is 0 Å². The summed E-state index contributed by atoms with van der Waals surface area (Å²) in [4.78, 5) is 43.9. The number of carbonyl (C=O) groups excluding carboxylic acids is 3. The minimum atomic E-state index is -0.652. The zero-order valence-electron chi connectivity index (χ0n) is 16.6. The number of thiophene rings is 1. The maximum absolute atomic E-state index is 12.6. The van der Waals surface area contributed by atoms with E-state index in [1.54, 1.807) is 12.1 Å². The van der Waals surface area contributed by atoms with Gasteiger partial charge in [-0.05, 0) is 55.3 Å². The maximum Gasteiger partial charge on any atom is 0.329 e. The van der Waals surface area contributed by atoms with Crippen molar-refractivity contribution in [2.45, 2.75) is 32.7 Å². The molecule has 2 aromatic heterocycles. The number of hydrogen-bond donors (Lipinski definition) is 1. The van der Waals surface area contributed by atoms with E-state index in [0.29, 0.717) is 23.0 Å². The van der Waals surface area contributed by atoms with Gasteiger partial charge < -0.3 is 9.64 Å². The Hall–Kier alpha value is -2.78. The van der Waals surface area contributed by atoms with Crippen LogP contribution < -0.4 is 5.32 Å². The molecule has 1 aliphatic rings.